The van der Waals surface area contributed by atoms with E-state index in [0.717, 1.165) is 17.1 Å². The Labute approximate surface area is 194 Å². The molecule has 0 aliphatic rings. The molecule has 0 radical (unpaired) electrons. The molecule has 2 N–H and O–H groups in total. The maximum Gasteiger partial charge on any atom is 0.255 e. The standard InChI is InChI=1S/C25H30N4O4/c1-6-31-21-14-18(15-22(32-7-2)23(21)33-8-3)24(30)28-19-9-11-20(12-10-19)29-25-26-16(4)13-17(5)27-25/h9-15H,6-8H2,1-5H3,(H,28,30)(H,26,27,29). The topological polar surface area (TPSA) is 94.6 Å². The van der Waals surface area contributed by atoms with Crippen molar-refractivity contribution in [1.82, 2.24) is 9.97 Å². The largest absolute Gasteiger partial charge is 0.490 e. The summed E-state index contributed by atoms with van der Waals surface area (Å²) in [7, 11) is 0. The van der Waals surface area contributed by atoms with Crippen LogP contribution in [0.1, 0.15) is 42.5 Å². The van der Waals surface area contributed by atoms with Gasteiger partial charge in [-0.25, -0.2) is 9.97 Å². The average Bonchev–Trinajstić information content (AvgIpc) is 2.76. The molecule has 0 atom stereocenters. The van der Waals surface area contributed by atoms with Crippen LogP contribution in [0.5, 0.6) is 17.2 Å². The summed E-state index contributed by atoms with van der Waals surface area (Å²) < 4.78 is 17.1. The first kappa shape index (κ1) is 23.8. The minimum Gasteiger partial charge on any atom is -0.490 e. The molecule has 8 nitrogen and oxygen atoms in total. The van der Waals surface area contributed by atoms with Crippen molar-refractivity contribution in [1.29, 1.82) is 0 Å². The number of benzene rings is 2. The van der Waals surface area contributed by atoms with Crippen molar-refractivity contribution in [2.75, 3.05) is 30.5 Å². The number of amides is 1. The van der Waals surface area contributed by atoms with Gasteiger partial charge in [0.15, 0.2) is 11.5 Å². The van der Waals surface area contributed by atoms with Crippen LogP contribution >= 0.6 is 0 Å². The van der Waals surface area contributed by atoms with E-state index in [2.05, 4.69) is 20.6 Å². The Balaban J connectivity index is 1.77. The van der Waals surface area contributed by atoms with Crippen LogP contribution in [0.2, 0.25) is 0 Å². The molecular weight excluding hydrogens is 420 g/mol. The van der Waals surface area contributed by atoms with E-state index in [0.29, 0.717) is 54.3 Å². The Morgan fingerprint density at radius 3 is 1.82 bits per heavy atom. The Bertz CT molecular complexity index is 1050. The number of nitrogens with one attached hydrogen (secondary N) is 2. The normalized spacial score (nSPS) is 10.5. The lowest BCUT2D eigenvalue weighted by atomic mass is 10.1. The Morgan fingerprint density at radius 1 is 0.788 bits per heavy atom. The van der Waals surface area contributed by atoms with E-state index in [9.17, 15) is 4.79 Å². The first-order valence-electron chi connectivity index (χ1n) is 11.0. The molecule has 0 aliphatic carbocycles. The van der Waals surface area contributed by atoms with Crippen molar-refractivity contribution < 1.29 is 19.0 Å². The fourth-order valence-electron chi connectivity index (χ4n) is 3.27. The van der Waals surface area contributed by atoms with Gasteiger partial charge in [0.1, 0.15) is 0 Å². The summed E-state index contributed by atoms with van der Waals surface area (Å²) in [5.41, 5.74) is 3.66. The van der Waals surface area contributed by atoms with Crippen LogP contribution in [0.4, 0.5) is 17.3 Å². The lowest BCUT2D eigenvalue weighted by molar-refractivity contribution is 0.102. The van der Waals surface area contributed by atoms with Gasteiger partial charge in [0, 0.05) is 28.3 Å². The highest BCUT2D eigenvalue weighted by Gasteiger charge is 2.18. The van der Waals surface area contributed by atoms with Gasteiger partial charge in [-0.3, -0.25) is 4.79 Å². The molecular formula is C25H30N4O4. The quantitative estimate of drug-likeness (QED) is 0.434. The molecule has 3 rings (SSSR count). The van der Waals surface area contributed by atoms with Gasteiger partial charge in [0.05, 0.1) is 19.8 Å². The van der Waals surface area contributed by atoms with Gasteiger partial charge >= 0.3 is 0 Å². The zero-order chi connectivity index (χ0) is 23.8. The molecule has 33 heavy (non-hydrogen) atoms. The number of hydrogen-bond donors (Lipinski definition) is 2. The van der Waals surface area contributed by atoms with Crippen LogP contribution < -0.4 is 24.8 Å². The lowest BCUT2D eigenvalue weighted by Crippen LogP contribution is -2.13. The fourth-order valence-corrected chi connectivity index (χ4v) is 3.27. The molecule has 0 spiro atoms. The molecule has 3 aromatic rings. The number of carbonyl (C=O) groups is 1. The van der Waals surface area contributed by atoms with E-state index < -0.39 is 0 Å². The van der Waals surface area contributed by atoms with Crippen molar-refractivity contribution in [3.05, 3.63) is 59.4 Å². The van der Waals surface area contributed by atoms with Gasteiger partial charge in [-0.1, -0.05) is 0 Å². The monoisotopic (exact) mass is 450 g/mol. The maximum absolute atomic E-state index is 12.9. The molecule has 0 aliphatic heterocycles. The number of aromatic nitrogens is 2. The van der Waals surface area contributed by atoms with E-state index in [1.54, 1.807) is 12.1 Å². The first-order valence-corrected chi connectivity index (χ1v) is 11.0. The van der Waals surface area contributed by atoms with E-state index in [-0.39, 0.29) is 5.91 Å². The average molecular weight is 451 g/mol. The molecule has 174 valence electrons. The second kappa shape index (κ2) is 11.2. The van der Waals surface area contributed by atoms with Gasteiger partial charge in [0.2, 0.25) is 11.7 Å². The van der Waals surface area contributed by atoms with Gasteiger partial charge in [-0.05, 0) is 77.1 Å². The zero-order valence-corrected chi connectivity index (χ0v) is 19.7. The highest BCUT2D eigenvalue weighted by atomic mass is 16.5. The van der Waals surface area contributed by atoms with E-state index in [1.807, 2.05) is 65.0 Å². The number of anilines is 3. The minimum absolute atomic E-state index is 0.279. The van der Waals surface area contributed by atoms with Crippen molar-refractivity contribution in [3.63, 3.8) is 0 Å². The van der Waals surface area contributed by atoms with Gasteiger partial charge < -0.3 is 24.8 Å². The van der Waals surface area contributed by atoms with E-state index >= 15 is 0 Å². The Kier molecular flexibility index (Phi) is 8.07. The van der Waals surface area contributed by atoms with Crippen molar-refractivity contribution in [3.8, 4) is 17.2 Å². The van der Waals surface area contributed by atoms with Gasteiger partial charge in [-0.2, -0.15) is 0 Å². The second-order valence-corrected chi connectivity index (χ2v) is 7.23. The predicted octanol–water partition coefficient (Wildman–Crippen LogP) is 5.29. The number of carbonyl (C=O) groups excluding carboxylic acids is 1. The molecule has 1 heterocycles. The predicted molar refractivity (Wildman–Crippen MR) is 129 cm³/mol. The Morgan fingerprint density at radius 2 is 1.30 bits per heavy atom. The number of rotatable bonds is 10. The van der Waals surface area contributed by atoms with Gasteiger partial charge in [-0.15, -0.1) is 0 Å². The highest BCUT2D eigenvalue weighted by Crippen LogP contribution is 2.39. The number of ether oxygens (including phenoxy) is 3. The van der Waals surface area contributed by atoms with Crippen LogP contribution in [-0.4, -0.2) is 35.7 Å². The third kappa shape index (κ3) is 6.35. The number of hydrogen-bond acceptors (Lipinski definition) is 7. The molecule has 1 aromatic heterocycles. The van der Waals surface area contributed by atoms with E-state index in [4.69, 9.17) is 14.2 Å². The summed E-state index contributed by atoms with van der Waals surface area (Å²) in [6, 6.07) is 12.6. The smallest absolute Gasteiger partial charge is 0.255 e. The molecule has 8 heteroatoms. The van der Waals surface area contributed by atoms with Gasteiger partial charge in [0.25, 0.3) is 5.91 Å². The van der Waals surface area contributed by atoms with Crippen LogP contribution in [0.25, 0.3) is 0 Å². The molecule has 0 saturated heterocycles. The number of nitrogens with zero attached hydrogens (tertiary/aromatic N) is 2. The highest BCUT2D eigenvalue weighted by molar-refractivity contribution is 6.05. The molecule has 0 saturated carbocycles. The minimum atomic E-state index is -0.279. The molecule has 1 amide bonds. The summed E-state index contributed by atoms with van der Waals surface area (Å²) in [5, 5.41) is 6.08. The summed E-state index contributed by atoms with van der Waals surface area (Å²) >= 11 is 0. The SMILES string of the molecule is CCOc1cc(C(=O)Nc2ccc(Nc3nc(C)cc(C)n3)cc2)cc(OCC)c1OCC. The summed E-state index contributed by atoms with van der Waals surface area (Å²) in [5.74, 6) is 1.71. The maximum atomic E-state index is 12.9. The zero-order valence-electron chi connectivity index (χ0n) is 19.7. The van der Waals surface area contributed by atoms with Crippen molar-refractivity contribution in [2.45, 2.75) is 34.6 Å². The summed E-state index contributed by atoms with van der Waals surface area (Å²) in [6.07, 6.45) is 0. The van der Waals surface area contributed by atoms with Crippen LogP contribution in [0, 0.1) is 13.8 Å². The third-order valence-corrected chi connectivity index (χ3v) is 4.55. The van der Waals surface area contributed by atoms with Crippen molar-refractivity contribution >= 4 is 23.2 Å². The molecule has 2 aromatic carbocycles. The Hall–Kier alpha value is -3.81. The molecule has 0 bridgehead atoms. The van der Waals surface area contributed by atoms with E-state index in [1.165, 1.54) is 0 Å². The third-order valence-electron chi connectivity index (χ3n) is 4.55. The second-order valence-electron chi connectivity index (χ2n) is 7.23. The van der Waals surface area contributed by atoms with Crippen LogP contribution in [0.15, 0.2) is 42.5 Å². The first-order chi connectivity index (χ1) is 15.9. The fraction of sp³-hybridized carbons (Fsp3) is 0.320. The molecule has 0 unspecified atom stereocenters. The van der Waals surface area contributed by atoms with Crippen molar-refractivity contribution in [2.24, 2.45) is 0 Å². The molecule has 0 fully saturated rings. The lowest BCUT2D eigenvalue weighted by Gasteiger charge is -2.17. The summed E-state index contributed by atoms with van der Waals surface area (Å²) in [4.78, 5) is 21.7. The van der Waals surface area contributed by atoms with Crippen LogP contribution in [0.3, 0.4) is 0 Å². The summed E-state index contributed by atoms with van der Waals surface area (Å²) in [6.45, 7) is 10.8. The van der Waals surface area contributed by atoms with Crippen LogP contribution in [-0.2, 0) is 0 Å². The number of aryl methyl sites for hydroxylation is 2.